The number of rotatable bonds is 4. The summed E-state index contributed by atoms with van der Waals surface area (Å²) in [6.07, 6.45) is 0. The van der Waals surface area contributed by atoms with Crippen LogP contribution >= 0.6 is 0 Å². The van der Waals surface area contributed by atoms with E-state index in [0.29, 0.717) is 40.3 Å². The third-order valence-electron chi connectivity index (χ3n) is 5.21. The van der Waals surface area contributed by atoms with Crippen molar-refractivity contribution in [1.29, 1.82) is 0 Å². The Kier molecular flexibility index (Phi) is 4.40. The molecule has 0 saturated carbocycles. The molecule has 152 valence electrons. The maximum Gasteiger partial charge on any atom is 0.291 e. The quantitative estimate of drug-likeness (QED) is 0.456. The highest BCUT2D eigenvalue weighted by Gasteiger charge is 2.29. The lowest BCUT2D eigenvalue weighted by Crippen LogP contribution is -2.21. The van der Waals surface area contributed by atoms with Crippen molar-refractivity contribution >= 4 is 34.1 Å². The number of amides is 1. The van der Waals surface area contributed by atoms with Crippen LogP contribution in [0, 0.1) is 0 Å². The Morgan fingerprint density at radius 1 is 0.871 bits per heavy atom. The highest BCUT2D eigenvalue weighted by atomic mass is 16.5. The Bertz CT molecular complexity index is 1380. The first-order chi connectivity index (χ1) is 15.1. The summed E-state index contributed by atoms with van der Waals surface area (Å²) in [5.74, 6) is -0.230. The van der Waals surface area contributed by atoms with E-state index in [1.807, 2.05) is 19.1 Å². The van der Waals surface area contributed by atoms with Crippen molar-refractivity contribution in [2.45, 2.75) is 6.92 Å². The van der Waals surface area contributed by atoms with E-state index in [9.17, 15) is 14.4 Å². The minimum Gasteiger partial charge on any atom is -0.490 e. The van der Waals surface area contributed by atoms with Crippen molar-refractivity contribution in [3.63, 3.8) is 0 Å². The molecular formula is C25H17NO5. The Morgan fingerprint density at radius 3 is 2.32 bits per heavy atom. The fourth-order valence-corrected chi connectivity index (χ4v) is 3.79. The van der Waals surface area contributed by atoms with Gasteiger partial charge in [-0.3, -0.25) is 14.4 Å². The van der Waals surface area contributed by atoms with E-state index in [-0.39, 0.29) is 22.9 Å². The Morgan fingerprint density at radius 2 is 1.58 bits per heavy atom. The lowest BCUT2D eigenvalue weighted by atomic mass is 9.84. The summed E-state index contributed by atoms with van der Waals surface area (Å²) in [5.41, 5.74) is 2.25. The minimum absolute atomic E-state index is 0.118. The first-order valence-electron chi connectivity index (χ1n) is 9.86. The molecule has 6 nitrogen and oxygen atoms in total. The molecule has 0 fully saturated rings. The summed E-state index contributed by atoms with van der Waals surface area (Å²) in [6, 6.07) is 18.5. The van der Waals surface area contributed by atoms with E-state index < -0.39 is 5.91 Å². The van der Waals surface area contributed by atoms with Crippen molar-refractivity contribution in [3.05, 3.63) is 94.7 Å². The van der Waals surface area contributed by atoms with Crippen LogP contribution in [0.4, 0.5) is 5.69 Å². The summed E-state index contributed by atoms with van der Waals surface area (Å²) in [6.45, 7) is 2.35. The molecule has 1 aliphatic rings. The molecule has 1 heterocycles. The number of benzene rings is 3. The van der Waals surface area contributed by atoms with Gasteiger partial charge in [-0.15, -0.1) is 0 Å². The van der Waals surface area contributed by atoms with Crippen LogP contribution in [0.15, 0.2) is 71.1 Å². The average molecular weight is 411 g/mol. The molecule has 1 amide bonds. The molecule has 1 aliphatic carbocycles. The molecule has 0 radical (unpaired) electrons. The number of carbonyl (C=O) groups excluding carboxylic acids is 3. The second-order valence-electron chi connectivity index (χ2n) is 7.14. The maximum absolute atomic E-state index is 12.9. The highest BCUT2D eigenvalue weighted by Crippen LogP contribution is 2.31. The molecule has 0 unspecified atom stereocenters. The van der Waals surface area contributed by atoms with Crippen molar-refractivity contribution in [1.82, 2.24) is 0 Å². The summed E-state index contributed by atoms with van der Waals surface area (Å²) >= 11 is 0. The van der Waals surface area contributed by atoms with Crippen molar-refractivity contribution in [3.8, 4) is 5.75 Å². The minimum atomic E-state index is -0.464. The number of ether oxygens (including phenoxy) is 1. The third-order valence-corrected chi connectivity index (χ3v) is 5.21. The fourth-order valence-electron chi connectivity index (χ4n) is 3.79. The number of hydrogen-bond acceptors (Lipinski definition) is 5. The molecule has 5 rings (SSSR count). The SMILES string of the molecule is CCOc1cccc2cc(C(=O)Nc3ccc4c(c3)C(=O)c3ccccc3C4=O)oc12. The molecule has 31 heavy (non-hydrogen) atoms. The van der Waals surface area contributed by atoms with E-state index in [2.05, 4.69) is 5.32 Å². The number of furan rings is 1. The largest absolute Gasteiger partial charge is 0.490 e. The summed E-state index contributed by atoms with van der Waals surface area (Å²) in [5, 5.41) is 3.49. The number of para-hydroxylation sites is 1. The molecule has 1 N–H and O–H groups in total. The summed E-state index contributed by atoms with van der Waals surface area (Å²) < 4.78 is 11.3. The van der Waals surface area contributed by atoms with Gasteiger partial charge in [0.2, 0.25) is 0 Å². The zero-order chi connectivity index (χ0) is 21.5. The van der Waals surface area contributed by atoms with E-state index in [1.54, 1.807) is 48.5 Å². The van der Waals surface area contributed by atoms with Crippen LogP contribution in [0.3, 0.4) is 0 Å². The fraction of sp³-hybridized carbons (Fsp3) is 0.0800. The van der Waals surface area contributed by atoms with Crippen LogP contribution in [0.1, 0.15) is 49.3 Å². The summed E-state index contributed by atoms with van der Waals surface area (Å²) in [4.78, 5) is 38.4. The van der Waals surface area contributed by atoms with E-state index in [4.69, 9.17) is 9.15 Å². The van der Waals surface area contributed by atoms with Crippen LogP contribution in [0.25, 0.3) is 11.0 Å². The topological polar surface area (TPSA) is 85.6 Å². The van der Waals surface area contributed by atoms with Gasteiger partial charge in [0.1, 0.15) is 0 Å². The number of anilines is 1. The average Bonchev–Trinajstić information content (AvgIpc) is 3.23. The number of carbonyl (C=O) groups is 3. The third kappa shape index (κ3) is 3.09. The normalized spacial score (nSPS) is 12.4. The number of fused-ring (bicyclic) bond motifs is 3. The van der Waals surface area contributed by atoms with Gasteiger partial charge < -0.3 is 14.5 Å². The van der Waals surface area contributed by atoms with Crippen molar-refractivity contribution in [2.24, 2.45) is 0 Å². The number of hydrogen-bond donors (Lipinski definition) is 1. The van der Waals surface area contributed by atoms with Gasteiger partial charge in [0, 0.05) is 33.3 Å². The molecule has 0 saturated heterocycles. The zero-order valence-electron chi connectivity index (χ0n) is 16.6. The summed E-state index contributed by atoms with van der Waals surface area (Å²) in [7, 11) is 0. The smallest absolute Gasteiger partial charge is 0.291 e. The molecule has 0 spiro atoms. The van der Waals surface area contributed by atoms with Gasteiger partial charge in [-0.05, 0) is 37.3 Å². The van der Waals surface area contributed by atoms with Gasteiger partial charge >= 0.3 is 0 Å². The zero-order valence-corrected chi connectivity index (χ0v) is 16.6. The van der Waals surface area contributed by atoms with E-state index in [0.717, 1.165) is 5.39 Å². The van der Waals surface area contributed by atoms with Crippen LogP contribution in [0.2, 0.25) is 0 Å². The second kappa shape index (κ2) is 7.25. The van der Waals surface area contributed by atoms with Gasteiger partial charge in [0.25, 0.3) is 5.91 Å². The molecule has 4 aromatic rings. The predicted molar refractivity (Wildman–Crippen MR) is 115 cm³/mol. The predicted octanol–water partition coefficient (Wildman–Crippen LogP) is 4.86. The van der Waals surface area contributed by atoms with Crippen LogP contribution in [-0.2, 0) is 0 Å². The monoisotopic (exact) mass is 411 g/mol. The molecule has 1 aromatic heterocycles. The van der Waals surface area contributed by atoms with E-state index in [1.165, 1.54) is 6.07 Å². The molecule has 0 aliphatic heterocycles. The molecular weight excluding hydrogens is 394 g/mol. The second-order valence-corrected chi connectivity index (χ2v) is 7.14. The first kappa shape index (κ1) is 18.8. The van der Waals surface area contributed by atoms with Gasteiger partial charge in [0.05, 0.1) is 6.61 Å². The molecule has 6 heteroatoms. The standard InChI is InChI=1S/C25H17NO5/c1-2-30-20-9-5-6-14-12-21(31-24(14)20)25(29)26-15-10-11-18-19(13-15)23(28)17-8-4-3-7-16(17)22(18)27/h3-13H,2H2,1H3,(H,26,29). The molecule has 0 atom stereocenters. The van der Waals surface area contributed by atoms with Crippen molar-refractivity contribution in [2.75, 3.05) is 11.9 Å². The van der Waals surface area contributed by atoms with Gasteiger partial charge in [0.15, 0.2) is 28.7 Å². The first-order valence-corrected chi connectivity index (χ1v) is 9.86. The van der Waals surface area contributed by atoms with Crippen LogP contribution in [-0.4, -0.2) is 24.1 Å². The van der Waals surface area contributed by atoms with Gasteiger partial charge in [-0.25, -0.2) is 0 Å². The van der Waals surface area contributed by atoms with Crippen LogP contribution < -0.4 is 10.1 Å². The highest BCUT2D eigenvalue weighted by molar-refractivity contribution is 6.28. The van der Waals surface area contributed by atoms with Crippen LogP contribution in [0.5, 0.6) is 5.75 Å². The van der Waals surface area contributed by atoms with E-state index >= 15 is 0 Å². The number of nitrogens with one attached hydrogen (secondary N) is 1. The number of ketones is 2. The Labute approximate surface area is 177 Å². The Balaban J connectivity index is 1.46. The van der Waals surface area contributed by atoms with Gasteiger partial charge in [-0.2, -0.15) is 0 Å². The molecule has 3 aromatic carbocycles. The lowest BCUT2D eigenvalue weighted by molar-refractivity contribution is 0.0979. The van der Waals surface area contributed by atoms with Gasteiger partial charge in [-0.1, -0.05) is 36.4 Å². The molecule has 0 bridgehead atoms. The lowest BCUT2D eigenvalue weighted by Gasteiger charge is -2.18. The maximum atomic E-state index is 12.9. The van der Waals surface area contributed by atoms with Crippen molar-refractivity contribution < 1.29 is 23.5 Å². The Hall–Kier alpha value is -4.19.